The summed E-state index contributed by atoms with van der Waals surface area (Å²) < 4.78 is 11.3. The summed E-state index contributed by atoms with van der Waals surface area (Å²) in [5.41, 5.74) is 0.321. The highest BCUT2D eigenvalue weighted by Crippen LogP contribution is 2.32. The summed E-state index contributed by atoms with van der Waals surface area (Å²) >= 11 is 3.66. The van der Waals surface area contributed by atoms with E-state index in [4.69, 9.17) is 9.47 Å². The van der Waals surface area contributed by atoms with Crippen LogP contribution in [0.4, 0.5) is 0 Å². The molecular weight excluding hydrogens is 280 g/mol. The number of rotatable bonds is 11. The van der Waals surface area contributed by atoms with Crippen molar-refractivity contribution >= 4 is 15.9 Å². The van der Waals surface area contributed by atoms with Gasteiger partial charge in [0, 0.05) is 10.7 Å². The predicted molar refractivity (Wildman–Crippen MR) is 78.0 cm³/mol. The van der Waals surface area contributed by atoms with Crippen molar-refractivity contribution in [2.24, 2.45) is 5.41 Å². The molecule has 0 spiro atoms. The lowest BCUT2D eigenvalue weighted by Crippen LogP contribution is -2.29. The van der Waals surface area contributed by atoms with E-state index >= 15 is 0 Å². The molecule has 2 nitrogen and oxygen atoms in total. The third-order valence-corrected chi connectivity index (χ3v) is 4.12. The Bertz CT molecular complexity index is 166. The van der Waals surface area contributed by atoms with E-state index in [1.807, 2.05) is 0 Å². The second kappa shape index (κ2) is 10.3. The van der Waals surface area contributed by atoms with E-state index in [0.717, 1.165) is 11.9 Å². The first-order valence-electron chi connectivity index (χ1n) is 6.85. The van der Waals surface area contributed by atoms with E-state index in [9.17, 15) is 0 Å². The van der Waals surface area contributed by atoms with Crippen LogP contribution in [0.5, 0.6) is 0 Å². The van der Waals surface area contributed by atoms with Crippen LogP contribution in [0, 0.1) is 5.41 Å². The van der Waals surface area contributed by atoms with Gasteiger partial charge in [0.2, 0.25) is 0 Å². The molecule has 0 N–H and O–H groups in total. The molecule has 3 heteroatoms. The Balaban J connectivity index is 3.89. The Morgan fingerprint density at radius 1 is 1.06 bits per heavy atom. The van der Waals surface area contributed by atoms with E-state index in [-0.39, 0.29) is 0 Å². The largest absolute Gasteiger partial charge is 0.378 e. The van der Waals surface area contributed by atoms with Gasteiger partial charge in [0.15, 0.2) is 0 Å². The molecule has 0 fully saturated rings. The maximum atomic E-state index is 5.79. The molecule has 0 rings (SSSR count). The van der Waals surface area contributed by atoms with Crippen molar-refractivity contribution in [1.82, 2.24) is 0 Å². The SMILES string of the molecule is CCCC(CBr)(CCC)COCCOC(C)C. The van der Waals surface area contributed by atoms with Gasteiger partial charge in [0.1, 0.15) is 0 Å². The highest BCUT2D eigenvalue weighted by molar-refractivity contribution is 9.09. The monoisotopic (exact) mass is 308 g/mol. The molecule has 17 heavy (non-hydrogen) atoms. The van der Waals surface area contributed by atoms with E-state index in [1.54, 1.807) is 0 Å². The number of halogens is 1. The minimum Gasteiger partial charge on any atom is -0.378 e. The molecule has 0 saturated heterocycles. The Kier molecular flexibility index (Phi) is 10.6. The standard InChI is InChI=1S/C14H29BrO2/c1-5-7-14(11-15,8-6-2)12-16-9-10-17-13(3)4/h13H,5-12H2,1-4H3. The van der Waals surface area contributed by atoms with E-state index in [0.29, 0.717) is 24.7 Å². The molecule has 0 aromatic rings. The minimum absolute atomic E-state index is 0.297. The van der Waals surface area contributed by atoms with Crippen LogP contribution in [0.25, 0.3) is 0 Å². The van der Waals surface area contributed by atoms with Crippen molar-refractivity contribution in [3.05, 3.63) is 0 Å². The molecule has 0 aromatic carbocycles. The molecule has 0 unspecified atom stereocenters. The van der Waals surface area contributed by atoms with Gasteiger partial charge < -0.3 is 9.47 Å². The van der Waals surface area contributed by atoms with Crippen LogP contribution >= 0.6 is 15.9 Å². The predicted octanol–water partition coefficient (Wildman–Crippen LogP) is 4.41. The van der Waals surface area contributed by atoms with Crippen molar-refractivity contribution in [2.45, 2.75) is 59.5 Å². The number of hydrogen-bond donors (Lipinski definition) is 0. The van der Waals surface area contributed by atoms with Crippen molar-refractivity contribution < 1.29 is 9.47 Å². The lowest BCUT2D eigenvalue weighted by molar-refractivity contribution is -0.00988. The van der Waals surface area contributed by atoms with Crippen molar-refractivity contribution in [3.63, 3.8) is 0 Å². The summed E-state index contributed by atoms with van der Waals surface area (Å²) in [6.07, 6.45) is 5.20. The smallest absolute Gasteiger partial charge is 0.0703 e. The minimum atomic E-state index is 0.297. The molecule has 0 aliphatic heterocycles. The summed E-state index contributed by atoms with van der Waals surface area (Å²) in [5.74, 6) is 0. The molecule has 0 bridgehead atoms. The Hall–Kier alpha value is 0.400. The third kappa shape index (κ3) is 8.17. The fraction of sp³-hybridized carbons (Fsp3) is 1.00. The Morgan fingerprint density at radius 2 is 1.65 bits per heavy atom. The Labute approximate surface area is 116 Å². The van der Waals surface area contributed by atoms with Crippen LogP contribution in [0.15, 0.2) is 0 Å². The number of alkyl halides is 1. The number of ether oxygens (including phenoxy) is 2. The molecule has 0 amide bonds. The van der Waals surface area contributed by atoms with Gasteiger partial charge in [-0.3, -0.25) is 0 Å². The number of hydrogen-bond acceptors (Lipinski definition) is 2. The van der Waals surface area contributed by atoms with Gasteiger partial charge in [-0.2, -0.15) is 0 Å². The van der Waals surface area contributed by atoms with Gasteiger partial charge in [-0.1, -0.05) is 42.6 Å². The first kappa shape index (κ1) is 17.4. The summed E-state index contributed by atoms with van der Waals surface area (Å²) in [5, 5.41) is 1.03. The zero-order chi connectivity index (χ0) is 13.1. The highest BCUT2D eigenvalue weighted by atomic mass is 79.9. The van der Waals surface area contributed by atoms with Crippen LogP contribution < -0.4 is 0 Å². The first-order chi connectivity index (χ1) is 8.10. The fourth-order valence-electron chi connectivity index (χ4n) is 2.13. The molecule has 0 aromatic heterocycles. The second-order valence-electron chi connectivity index (χ2n) is 5.11. The molecule has 0 atom stereocenters. The molecule has 104 valence electrons. The van der Waals surface area contributed by atoms with Gasteiger partial charge in [-0.25, -0.2) is 0 Å². The summed E-state index contributed by atoms with van der Waals surface area (Å²) in [6, 6.07) is 0. The summed E-state index contributed by atoms with van der Waals surface area (Å²) in [7, 11) is 0. The van der Waals surface area contributed by atoms with Crippen LogP contribution in [-0.4, -0.2) is 31.3 Å². The quantitative estimate of drug-likeness (QED) is 0.416. The average molecular weight is 309 g/mol. The molecule has 0 aliphatic rings. The normalized spacial score (nSPS) is 12.4. The van der Waals surface area contributed by atoms with Crippen molar-refractivity contribution in [1.29, 1.82) is 0 Å². The molecule has 0 radical (unpaired) electrons. The summed E-state index contributed by atoms with van der Waals surface area (Å²) in [6.45, 7) is 10.9. The first-order valence-corrected chi connectivity index (χ1v) is 7.97. The van der Waals surface area contributed by atoms with Crippen molar-refractivity contribution in [2.75, 3.05) is 25.2 Å². The zero-order valence-corrected chi connectivity index (χ0v) is 13.5. The topological polar surface area (TPSA) is 18.5 Å². The van der Waals surface area contributed by atoms with Gasteiger partial charge in [-0.15, -0.1) is 0 Å². The van der Waals surface area contributed by atoms with Gasteiger partial charge in [0.25, 0.3) is 0 Å². The average Bonchev–Trinajstić information content (AvgIpc) is 2.28. The maximum Gasteiger partial charge on any atom is 0.0703 e. The van der Waals surface area contributed by atoms with Gasteiger partial charge >= 0.3 is 0 Å². The maximum absolute atomic E-state index is 5.79. The van der Waals surface area contributed by atoms with Gasteiger partial charge in [-0.05, 0) is 26.7 Å². The van der Waals surface area contributed by atoms with E-state index in [2.05, 4.69) is 43.6 Å². The van der Waals surface area contributed by atoms with Crippen LogP contribution in [0.1, 0.15) is 53.4 Å². The lowest BCUT2D eigenvalue weighted by atomic mass is 9.82. The molecule has 0 heterocycles. The fourth-order valence-corrected chi connectivity index (χ4v) is 2.86. The second-order valence-corrected chi connectivity index (χ2v) is 5.67. The van der Waals surface area contributed by atoms with Crippen LogP contribution in [0.2, 0.25) is 0 Å². The van der Waals surface area contributed by atoms with Gasteiger partial charge in [0.05, 0.1) is 25.9 Å². The molecule has 0 saturated carbocycles. The molecule has 0 aliphatic carbocycles. The van der Waals surface area contributed by atoms with Crippen LogP contribution in [-0.2, 0) is 9.47 Å². The van der Waals surface area contributed by atoms with Crippen molar-refractivity contribution in [3.8, 4) is 0 Å². The molecular formula is C14H29BrO2. The van der Waals surface area contributed by atoms with E-state index in [1.165, 1.54) is 25.7 Å². The van der Waals surface area contributed by atoms with E-state index < -0.39 is 0 Å². The zero-order valence-electron chi connectivity index (χ0n) is 11.9. The third-order valence-electron chi connectivity index (χ3n) is 2.93. The summed E-state index contributed by atoms with van der Waals surface area (Å²) in [4.78, 5) is 0. The Morgan fingerprint density at radius 3 is 2.06 bits per heavy atom. The van der Waals surface area contributed by atoms with Crippen LogP contribution in [0.3, 0.4) is 0 Å². The lowest BCUT2D eigenvalue weighted by Gasteiger charge is -2.31. The highest BCUT2D eigenvalue weighted by Gasteiger charge is 2.27.